The predicted molar refractivity (Wildman–Crippen MR) is 102 cm³/mol. The molecule has 1 fully saturated rings. The first-order valence-electron chi connectivity index (χ1n) is 8.13. The summed E-state index contributed by atoms with van der Waals surface area (Å²) in [6, 6.07) is 11.6. The number of methoxy groups -OCH3 is 1. The van der Waals surface area contributed by atoms with Crippen LogP contribution in [0.15, 0.2) is 36.4 Å². The zero-order valence-corrected chi connectivity index (χ0v) is 15.8. The molecule has 3 rings (SSSR count). The zero-order valence-electron chi connectivity index (χ0n) is 14.3. The van der Waals surface area contributed by atoms with E-state index < -0.39 is 0 Å². The first-order chi connectivity index (χ1) is 12.0. The first-order valence-corrected chi connectivity index (χ1v) is 8.89. The van der Waals surface area contributed by atoms with E-state index in [0.717, 1.165) is 13.1 Å². The molecule has 25 heavy (non-hydrogen) atoms. The number of hydrogen-bond acceptors (Lipinski definition) is 3. The van der Waals surface area contributed by atoms with E-state index in [1.54, 1.807) is 12.1 Å². The number of nitrogens with zero attached hydrogens (tertiary/aromatic N) is 2. The zero-order chi connectivity index (χ0) is 18.0. The van der Waals surface area contributed by atoms with Gasteiger partial charge in [0.1, 0.15) is 0 Å². The molecule has 1 saturated heterocycles. The smallest absolute Gasteiger partial charge is 0.254 e. The Balaban J connectivity index is 1.69. The lowest BCUT2D eigenvalue weighted by atomic mass is 10.1. The Morgan fingerprint density at radius 2 is 1.68 bits per heavy atom. The van der Waals surface area contributed by atoms with Gasteiger partial charge in [0.05, 0.1) is 17.2 Å². The molecule has 0 aliphatic carbocycles. The minimum atomic E-state index is -0.0599. The quantitative estimate of drug-likeness (QED) is 0.799. The van der Waals surface area contributed by atoms with Gasteiger partial charge < -0.3 is 14.5 Å². The van der Waals surface area contributed by atoms with Crippen molar-refractivity contribution in [2.24, 2.45) is 0 Å². The third-order valence-electron chi connectivity index (χ3n) is 4.38. The molecule has 1 heterocycles. The van der Waals surface area contributed by atoms with E-state index in [4.69, 9.17) is 27.9 Å². The molecule has 132 valence electrons. The van der Waals surface area contributed by atoms with Gasteiger partial charge in [0.15, 0.2) is 5.75 Å². The van der Waals surface area contributed by atoms with Crippen molar-refractivity contribution in [1.29, 1.82) is 0 Å². The summed E-state index contributed by atoms with van der Waals surface area (Å²) in [6.07, 6.45) is 0. The van der Waals surface area contributed by atoms with Gasteiger partial charge >= 0.3 is 0 Å². The van der Waals surface area contributed by atoms with Crippen LogP contribution in [-0.4, -0.2) is 44.1 Å². The van der Waals surface area contributed by atoms with E-state index in [-0.39, 0.29) is 5.91 Å². The Bertz CT molecular complexity index is 764. The molecular formula is C19H20Cl2N2O2. The third-order valence-corrected chi connectivity index (χ3v) is 4.94. The fraction of sp³-hybridized carbons (Fsp3) is 0.316. The molecule has 0 N–H and O–H groups in total. The Morgan fingerprint density at radius 1 is 1.04 bits per heavy atom. The summed E-state index contributed by atoms with van der Waals surface area (Å²) in [7, 11) is 1.50. The Hall–Kier alpha value is -1.91. The van der Waals surface area contributed by atoms with Crippen molar-refractivity contribution >= 4 is 34.8 Å². The molecular weight excluding hydrogens is 359 g/mol. The lowest BCUT2D eigenvalue weighted by Gasteiger charge is -2.36. The molecule has 0 unspecified atom stereocenters. The average molecular weight is 379 g/mol. The van der Waals surface area contributed by atoms with E-state index in [2.05, 4.69) is 36.1 Å². The standard InChI is InChI=1S/C19H20Cl2N2O2/c1-13-4-3-5-15(10-13)22-6-8-23(9-7-22)19(24)14-11-16(20)18(25-2)17(21)12-14/h3-5,10-12H,6-9H2,1-2H3. The fourth-order valence-corrected chi connectivity index (χ4v) is 3.69. The van der Waals surface area contributed by atoms with Crippen molar-refractivity contribution in [3.05, 3.63) is 57.6 Å². The van der Waals surface area contributed by atoms with Crippen LogP contribution in [0.4, 0.5) is 5.69 Å². The van der Waals surface area contributed by atoms with Crippen molar-refractivity contribution in [2.45, 2.75) is 6.92 Å². The van der Waals surface area contributed by atoms with Crippen LogP contribution in [0.2, 0.25) is 10.0 Å². The molecule has 0 spiro atoms. The summed E-state index contributed by atoms with van der Waals surface area (Å²) < 4.78 is 5.13. The number of ether oxygens (including phenoxy) is 1. The molecule has 0 saturated carbocycles. The molecule has 1 amide bonds. The van der Waals surface area contributed by atoms with Gasteiger partial charge in [0, 0.05) is 37.4 Å². The van der Waals surface area contributed by atoms with Crippen LogP contribution < -0.4 is 9.64 Å². The highest BCUT2D eigenvalue weighted by Gasteiger charge is 2.23. The Kier molecular flexibility index (Phi) is 5.40. The highest BCUT2D eigenvalue weighted by atomic mass is 35.5. The fourth-order valence-electron chi connectivity index (χ4n) is 3.05. The average Bonchev–Trinajstić information content (AvgIpc) is 2.61. The lowest BCUT2D eigenvalue weighted by molar-refractivity contribution is 0.0746. The van der Waals surface area contributed by atoms with Crippen LogP contribution in [0.5, 0.6) is 5.75 Å². The normalized spacial score (nSPS) is 14.6. The number of hydrogen-bond donors (Lipinski definition) is 0. The Labute approximate surface area is 157 Å². The van der Waals surface area contributed by atoms with Crippen LogP contribution in [0.3, 0.4) is 0 Å². The molecule has 6 heteroatoms. The number of amides is 1. The topological polar surface area (TPSA) is 32.8 Å². The number of benzene rings is 2. The summed E-state index contributed by atoms with van der Waals surface area (Å²) in [6.45, 7) is 5.00. The summed E-state index contributed by atoms with van der Waals surface area (Å²) in [4.78, 5) is 16.9. The SMILES string of the molecule is COc1c(Cl)cc(C(=O)N2CCN(c3cccc(C)c3)CC2)cc1Cl. The largest absolute Gasteiger partial charge is 0.494 e. The van der Waals surface area contributed by atoms with E-state index >= 15 is 0 Å². The van der Waals surface area contributed by atoms with Gasteiger partial charge in [0.2, 0.25) is 0 Å². The number of anilines is 1. The maximum atomic E-state index is 12.8. The first kappa shape index (κ1) is 17.9. The van der Waals surface area contributed by atoms with Gasteiger partial charge in [-0.05, 0) is 36.8 Å². The molecule has 4 nitrogen and oxygen atoms in total. The van der Waals surface area contributed by atoms with Gasteiger partial charge in [-0.2, -0.15) is 0 Å². The maximum Gasteiger partial charge on any atom is 0.254 e. The number of halogens is 2. The van der Waals surface area contributed by atoms with Crippen molar-refractivity contribution < 1.29 is 9.53 Å². The minimum absolute atomic E-state index is 0.0599. The molecule has 0 atom stereocenters. The van der Waals surface area contributed by atoms with E-state index in [1.807, 2.05) is 4.90 Å². The molecule has 2 aromatic rings. The second-order valence-electron chi connectivity index (χ2n) is 6.09. The molecule has 1 aliphatic heterocycles. The van der Waals surface area contributed by atoms with E-state index in [1.165, 1.54) is 18.4 Å². The lowest BCUT2D eigenvalue weighted by Crippen LogP contribution is -2.48. The third kappa shape index (κ3) is 3.86. The number of carbonyl (C=O) groups excluding carboxylic acids is 1. The maximum absolute atomic E-state index is 12.8. The van der Waals surface area contributed by atoms with Gasteiger partial charge in [-0.15, -0.1) is 0 Å². The van der Waals surface area contributed by atoms with Gasteiger partial charge in [0.25, 0.3) is 5.91 Å². The van der Waals surface area contributed by atoms with Crippen LogP contribution >= 0.6 is 23.2 Å². The Morgan fingerprint density at radius 3 is 2.24 bits per heavy atom. The van der Waals surface area contributed by atoms with Crippen molar-refractivity contribution in [1.82, 2.24) is 4.90 Å². The second-order valence-corrected chi connectivity index (χ2v) is 6.91. The molecule has 0 aromatic heterocycles. The molecule has 1 aliphatic rings. The highest BCUT2D eigenvalue weighted by molar-refractivity contribution is 6.37. The van der Waals surface area contributed by atoms with Gasteiger partial charge in [-0.25, -0.2) is 0 Å². The molecule has 2 aromatic carbocycles. The van der Waals surface area contributed by atoms with Gasteiger partial charge in [-0.3, -0.25) is 4.79 Å². The van der Waals surface area contributed by atoms with Crippen LogP contribution in [0.25, 0.3) is 0 Å². The van der Waals surface area contributed by atoms with Crippen LogP contribution in [0.1, 0.15) is 15.9 Å². The monoisotopic (exact) mass is 378 g/mol. The summed E-state index contributed by atoms with van der Waals surface area (Å²) in [5.74, 6) is 0.333. The molecule has 0 bridgehead atoms. The molecule has 0 radical (unpaired) electrons. The number of carbonyl (C=O) groups is 1. The predicted octanol–water partition coefficient (Wildman–Crippen LogP) is 4.27. The summed E-state index contributed by atoms with van der Waals surface area (Å²) in [5.41, 5.74) is 2.92. The second kappa shape index (κ2) is 7.54. The van der Waals surface area contributed by atoms with Crippen molar-refractivity contribution in [3.63, 3.8) is 0 Å². The van der Waals surface area contributed by atoms with Crippen LogP contribution in [-0.2, 0) is 0 Å². The van der Waals surface area contributed by atoms with Crippen LogP contribution in [0, 0.1) is 6.92 Å². The summed E-state index contributed by atoms with van der Waals surface area (Å²) in [5, 5.41) is 0.688. The highest BCUT2D eigenvalue weighted by Crippen LogP contribution is 2.34. The summed E-state index contributed by atoms with van der Waals surface area (Å²) >= 11 is 12.3. The van der Waals surface area contributed by atoms with E-state index in [0.29, 0.717) is 34.4 Å². The van der Waals surface area contributed by atoms with Crippen molar-refractivity contribution in [3.8, 4) is 5.75 Å². The number of piperazine rings is 1. The van der Waals surface area contributed by atoms with Crippen molar-refractivity contribution in [2.75, 3.05) is 38.2 Å². The minimum Gasteiger partial charge on any atom is -0.494 e. The number of rotatable bonds is 3. The number of aryl methyl sites for hydroxylation is 1. The van der Waals surface area contributed by atoms with Gasteiger partial charge in [-0.1, -0.05) is 35.3 Å². The van der Waals surface area contributed by atoms with E-state index in [9.17, 15) is 4.79 Å².